The first-order chi connectivity index (χ1) is 9.19. The Labute approximate surface area is 121 Å². The molecule has 116 valence electrons. The number of carbonyl (C=O) groups excluding carboxylic acids is 1. The van der Waals surface area contributed by atoms with E-state index in [1.807, 2.05) is 13.8 Å². The molecule has 0 aromatic heterocycles. The van der Waals surface area contributed by atoms with Gasteiger partial charge in [0, 0.05) is 25.0 Å². The Balaban J connectivity index is 2.41. The van der Waals surface area contributed by atoms with Crippen molar-refractivity contribution in [3.8, 4) is 0 Å². The summed E-state index contributed by atoms with van der Waals surface area (Å²) in [5, 5.41) is 11.7. The van der Waals surface area contributed by atoms with Crippen molar-refractivity contribution in [3.63, 3.8) is 0 Å². The molecule has 2 N–H and O–H groups in total. The zero-order valence-corrected chi connectivity index (χ0v) is 13.1. The number of hydrogen-bond donors (Lipinski definition) is 2. The first-order valence-electron chi connectivity index (χ1n) is 7.46. The minimum atomic E-state index is -0.823. The summed E-state index contributed by atoms with van der Waals surface area (Å²) in [6.45, 7) is 11.0. The number of carboxylic acid groups (broad SMARTS) is 1. The van der Waals surface area contributed by atoms with E-state index in [-0.39, 0.29) is 18.2 Å². The maximum atomic E-state index is 12.3. The molecule has 0 spiro atoms. The third kappa shape index (κ3) is 5.90. The number of nitrogens with one attached hydrogen (secondary N) is 1. The van der Waals surface area contributed by atoms with Crippen LogP contribution in [-0.4, -0.2) is 47.1 Å². The Bertz CT molecular complexity index is 353. The van der Waals surface area contributed by atoms with Gasteiger partial charge >= 0.3 is 5.97 Å². The highest BCUT2D eigenvalue weighted by molar-refractivity contribution is 5.80. The summed E-state index contributed by atoms with van der Waals surface area (Å²) in [6, 6.07) is 0. The van der Waals surface area contributed by atoms with Gasteiger partial charge in [-0.15, -0.1) is 0 Å². The van der Waals surface area contributed by atoms with E-state index in [9.17, 15) is 9.59 Å². The molecule has 0 unspecified atom stereocenters. The number of amides is 1. The molecular formula is C15H28N2O3. The summed E-state index contributed by atoms with van der Waals surface area (Å²) in [5.74, 6) is -0.107. The zero-order chi connectivity index (χ0) is 15.3. The van der Waals surface area contributed by atoms with Gasteiger partial charge in [0.05, 0.1) is 5.92 Å². The second kappa shape index (κ2) is 7.07. The molecule has 1 aliphatic rings. The van der Waals surface area contributed by atoms with Crippen LogP contribution >= 0.6 is 0 Å². The van der Waals surface area contributed by atoms with Crippen molar-refractivity contribution >= 4 is 11.9 Å². The number of rotatable bonds is 7. The SMILES string of the molecule is CC(C)CN1CC[C@H](C(=O)NC(C)(C)CCC(=O)O)C1. The Hall–Kier alpha value is -1.10. The lowest BCUT2D eigenvalue weighted by Gasteiger charge is -2.27. The molecule has 0 radical (unpaired) electrons. The third-order valence-corrected chi connectivity index (χ3v) is 3.69. The van der Waals surface area contributed by atoms with Gasteiger partial charge < -0.3 is 15.3 Å². The van der Waals surface area contributed by atoms with Gasteiger partial charge in [-0.1, -0.05) is 13.8 Å². The predicted molar refractivity (Wildman–Crippen MR) is 78.5 cm³/mol. The maximum Gasteiger partial charge on any atom is 0.303 e. The summed E-state index contributed by atoms with van der Waals surface area (Å²) in [5.41, 5.74) is -0.457. The van der Waals surface area contributed by atoms with Crippen molar-refractivity contribution in [1.82, 2.24) is 10.2 Å². The van der Waals surface area contributed by atoms with E-state index in [1.165, 1.54) is 0 Å². The monoisotopic (exact) mass is 284 g/mol. The Morgan fingerprint density at radius 3 is 2.60 bits per heavy atom. The fraction of sp³-hybridized carbons (Fsp3) is 0.867. The highest BCUT2D eigenvalue weighted by Crippen LogP contribution is 2.20. The van der Waals surface area contributed by atoms with Gasteiger partial charge in [-0.05, 0) is 39.2 Å². The van der Waals surface area contributed by atoms with Crippen molar-refractivity contribution < 1.29 is 14.7 Å². The van der Waals surface area contributed by atoms with Crippen molar-refractivity contribution in [3.05, 3.63) is 0 Å². The van der Waals surface area contributed by atoms with Crippen molar-refractivity contribution in [1.29, 1.82) is 0 Å². The molecule has 0 aliphatic carbocycles. The largest absolute Gasteiger partial charge is 0.481 e. The summed E-state index contributed by atoms with van der Waals surface area (Å²) in [7, 11) is 0. The maximum absolute atomic E-state index is 12.3. The van der Waals surface area contributed by atoms with Crippen molar-refractivity contribution in [2.45, 2.75) is 52.5 Å². The molecule has 1 fully saturated rings. The lowest BCUT2D eigenvalue weighted by molar-refractivity contribution is -0.138. The highest BCUT2D eigenvalue weighted by Gasteiger charge is 2.31. The molecule has 1 rings (SSSR count). The zero-order valence-electron chi connectivity index (χ0n) is 13.1. The van der Waals surface area contributed by atoms with Crippen LogP contribution in [0, 0.1) is 11.8 Å². The van der Waals surface area contributed by atoms with E-state index < -0.39 is 11.5 Å². The summed E-state index contributed by atoms with van der Waals surface area (Å²) < 4.78 is 0. The van der Waals surface area contributed by atoms with Gasteiger partial charge in [0.1, 0.15) is 0 Å². The van der Waals surface area contributed by atoms with E-state index in [1.54, 1.807) is 0 Å². The Morgan fingerprint density at radius 2 is 2.05 bits per heavy atom. The van der Waals surface area contributed by atoms with Crippen LogP contribution < -0.4 is 5.32 Å². The summed E-state index contributed by atoms with van der Waals surface area (Å²) >= 11 is 0. The molecule has 1 saturated heterocycles. The average Bonchev–Trinajstić information content (AvgIpc) is 2.73. The van der Waals surface area contributed by atoms with Crippen LogP contribution in [0.2, 0.25) is 0 Å². The van der Waals surface area contributed by atoms with E-state index in [4.69, 9.17) is 5.11 Å². The molecule has 1 amide bonds. The molecule has 20 heavy (non-hydrogen) atoms. The highest BCUT2D eigenvalue weighted by atomic mass is 16.4. The minimum absolute atomic E-state index is 0.0397. The molecule has 0 aromatic carbocycles. The van der Waals surface area contributed by atoms with E-state index in [0.29, 0.717) is 12.3 Å². The van der Waals surface area contributed by atoms with Gasteiger partial charge in [0.25, 0.3) is 0 Å². The Kier molecular flexibility index (Phi) is 5.99. The van der Waals surface area contributed by atoms with Crippen LogP contribution in [0.1, 0.15) is 47.0 Å². The quantitative estimate of drug-likeness (QED) is 0.747. The number of likely N-dealkylation sites (tertiary alicyclic amines) is 1. The number of carboxylic acids is 1. The van der Waals surface area contributed by atoms with E-state index >= 15 is 0 Å². The fourth-order valence-corrected chi connectivity index (χ4v) is 2.65. The van der Waals surface area contributed by atoms with Crippen molar-refractivity contribution in [2.75, 3.05) is 19.6 Å². The normalized spacial score (nSPS) is 20.4. The lowest BCUT2D eigenvalue weighted by Crippen LogP contribution is -2.47. The van der Waals surface area contributed by atoms with E-state index in [2.05, 4.69) is 24.1 Å². The number of nitrogens with zero attached hydrogens (tertiary/aromatic N) is 1. The molecular weight excluding hydrogens is 256 g/mol. The minimum Gasteiger partial charge on any atom is -0.481 e. The van der Waals surface area contributed by atoms with Crippen LogP contribution in [0.25, 0.3) is 0 Å². The predicted octanol–water partition coefficient (Wildman–Crippen LogP) is 1.72. The molecule has 1 atom stereocenters. The topological polar surface area (TPSA) is 69.6 Å². The smallest absolute Gasteiger partial charge is 0.303 e. The molecule has 0 saturated carbocycles. The number of carbonyl (C=O) groups is 2. The van der Waals surface area contributed by atoms with Gasteiger partial charge in [-0.2, -0.15) is 0 Å². The molecule has 0 aromatic rings. The van der Waals surface area contributed by atoms with Crippen LogP contribution in [0.4, 0.5) is 0 Å². The second-order valence-corrected chi connectivity index (χ2v) is 6.91. The summed E-state index contributed by atoms with van der Waals surface area (Å²) in [4.78, 5) is 25.2. The average molecular weight is 284 g/mol. The standard InChI is InChI=1S/C15H28N2O3/c1-11(2)9-17-8-6-12(10-17)14(20)16-15(3,4)7-5-13(18)19/h11-12H,5-10H2,1-4H3,(H,16,20)(H,18,19)/t12-/m0/s1. The first kappa shape index (κ1) is 17.0. The fourth-order valence-electron chi connectivity index (χ4n) is 2.65. The lowest BCUT2D eigenvalue weighted by atomic mass is 9.96. The van der Waals surface area contributed by atoms with E-state index in [0.717, 1.165) is 26.1 Å². The summed E-state index contributed by atoms with van der Waals surface area (Å²) in [6.07, 6.45) is 1.43. The van der Waals surface area contributed by atoms with Crippen LogP contribution in [0.3, 0.4) is 0 Å². The van der Waals surface area contributed by atoms with Crippen LogP contribution in [-0.2, 0) is 9.59 Å². The molecule has 1 heterocycles. The van der Waals surface area contributed by atoms with Crippen molar-refractivity contribution in [2.24, 2.45) is 11.8 Å². The second-order valence-electron chi connectivity index (χ2n) is 6.91. The number of aliphatic carboxylic acids is 1. The van der Waals surface area contributed by atoms with Crippen LogP contribution in [0.5, 0.6) is 0 Å². The van der Waals surface area contributed by atoms with Gasteiger partial charge in [-0.3, -0.25) is 9.59 Å². The molecule has 0 bridgehead atoms. The first-order valence-corrected chi connectivity index (χ1v) is 7.46. The number of hydrogen-bond acceptors (Lipinski definition) is 3. The van der Waals surface area contributed by atoms with Gasteiger partial charge in [0.2, 0.25) is 5.91 Å². The Morgan fingerprint density at radius 1 is 1.40 bits per heavy atom. The van der Waals surface area contributed by atoms with Gasteiger partial charge in [0.15, 0.2) is 0 Å². The van der Waals surface area contributed by atoms with Crippen LogP contribution in [0.15, 0.2) is 0 Å². The molecule has 1 aliphatic heterocycles. The molecule has 5 heteroatoms. The molecule has 5 nitrogen and oxygen atoms in total. The van der Waals surface area contributed by atoms with Gasteiger partial charge in [-0.25, -0.2) is 0 Å². The third-order valence-electron chi connectivity index (χ3n) is 3.69.